The van der Waals surface area contributed by atoms with Crippen molar-refractivity contribution < 1.29 is 0 Å². The largest absolute Gasteiger partial charge is 0.141 e. The second-order valence-corrected chi connectivity index (χ2v) is 3.48. The fraction of sp³-hybridized carbons (Fsp3) is 0.250. The van der Waals surface area contributed by atoms with Crippen molar-refractivity contribution in [2.24, 2.45) is 0 Å². The van der Waals surface area contributed by atoms with Crippen molar-refractivity contribution in [3.8, 4) is 0 Å². The van der Waals surface area contributed by atoms with Crippen molar-refractivity contribution in [2.45, 2.75) is 13.8 Å². The standard InChI is InChI=1S/C8H10S/c1-6(2)8-5-4-7(3)9-8/h4-5H,1H2,2-3H3. The van der Waals surface area contributed by atoms with Crippen LogP contribution in [0.5, 0.6) is 0 Å². The van der Waals surface area contributed by atoms with Crippen LogP contribution in [0.3, 0.4) is 0 Å². The summed E-state index contributed by atoms with van der Waals surface area (Å²) in [6.45, 7) is 7.99. The summed E-state index contributed by atoms with van der Waals surface area (Å²) in [5, 5.41) is 0. The van der Waals surface area contributed by atoms with Gasteiger partial charge in [-0.2, -0.15) is 0 Å². The van der Waals surface area contributed by atoms with Crippen molar-refractivity contribution in [1.82, 2.24) is 0 Å². The first kappa shape index (κ1) is 6.56. The van der Waals surface area contributed by atoms with Gasteiger partial charge in [0.25, 0.3) is 0 Å². The Bertz CT molecular complexity index is 220. The maximum atomic E-state index is 3.85. The molecule has 0 amide bonds. The Balaban J connectivity index is 2.98. The number of aryl methyl sites for hydroxylation is 1. The summed E-state index contributed by atoms with van der Waals surface area (Å²) < 4.78 is 0. The molecule has 1 aromatic rings. The summed E-state index contributed by atoms with van der Waals surface area (Å²) in [5.74, 6) is 0. The molecule has 9 heavy (non-hydrogen) atoms. The molecule has 0 aliphatic heterocycles. The van der Waals surface area contributed by atoms with Gasteiger partial charge >= 0.3 is 0 Å². The highest BCUT2D eigenvalue weighted by Gasteiger charge is 1.93. The van der Waals surface area contributed by atoms with Crippen molar-refractivity contribution >= 4 is 16.9 Å². The maximum Gasteiger partial charge on any atom is 0.0296 e. The maximum absolute atomic E-state index is 3.85. The summed E-state index contributed by atoms with van der Waals surface area (Å²) in [6, 6.07) is 4.23. The Labute approximate surface area is 59.8 Å². The smallest absolute Gasteiger partial charge is 0.0296 e. The minimum absolute atomic E-state index is 1.16. The van der Waals surface area contributed by atoms with E-state index in [2.05, 4.69) is 25.6 Å². The SMILES string of the molecule is C=C(C)c1ccc(C)s1. The van der Waals surface area contributed by atoms with Crippen LogP contribution in [0.15, 0.2) is 18.7 Å². The van der Waals surface area contributed by atoms with Gasteiger partial charge in [0.2, 0.25) is 0 Å². The van der Waals surface area contributed by atoms with Crippen molar-refractivity contribution in [1.29, 1.82) is 0 Å². The molecule has 0 aliphatic carbocycles. The molecule has 0 spiro atoms. The van der Waals surface area contributed by atoms with Gasteiger partial charge in [0.15, 0.2) is 0 Å². The predicted molar refractivity (Wildman–Crippen MR) is 43.8 cm³/mol. The van der Waals surface area contributed by atoms with Crippen LogP contribution < -0.4 is 0 Å². The molecule has 1 rings (SSSR count). The number of hydrogen-bond acceptors (Lipinski definition) is 1. The topological polar surface area (TPSA) is 0 Å². The van der Waals surface area contributed by atoms with Gasteiger partial charge in [-0.25, -0.2) is 0 Å². The predicted octanol–water partition coefficient (Wildman–Crippen LogP) is 3.09. The molecule has 0 unspecified atom stereocenters. The zero-order valence-corrected chi connectivity index (χ0v) is 6.59. The Morgan fingerprint density at radius 3 is 2.44 bits per heavy atom. The molecule has 0 atom stereocenters. The van der Waals surface area contributed by atoms with Crippen LogP contribution in [0.4, 0.5) is 0 Å². The van der Waals surface area contributed by atoms with Gasteiger partial charge in [-0.3, -0.25) is 0 Å². The van der Waals surface area contributed by atoms with Crippen molar-refractivity contribution in [3.63, 3.8) is 0 Å². The molecule has 0 aromatic carbocycles. The van der Waals surface area contributed by atoms with Crippen molar-refractivity contribution in [3.05, 3.63) is 28.5 Å². The van der Waals surface area contributed by atoms with Crippen LogP contribution in [0.25, 0.3) is 5.57 Å². The Morgan fingerprint density at radius 2 is 2.22 bits per heavy atom. The van der Waals surface area contributed by atoms with Crippen LogP contribution in [-0.4, -0.2) is 0 Å². The lowest BCUT2D eigenvalue weighted by Gasteiger charge is -1.87. The first-order valence-corrected chi connectivity index (χ1v) is 3.74. The van der Waals surface area contributed by atoms with Crippen LogP contribution in [0, 0.1) is 6.92 Å². The van der Waals surface area contributed by atoms with E-state index in [1.54, 1.807) is 11.3 Å². The summed E-state index contributed by atoms with van der Waals surface area (Å²) in [4.78, 5) is 2.65. The van der Waals surface area contributed by atoms with Crippen LogP contribution in [0.1, 0.15) is 16.7 Å². The first-order chi connectivity index (χ1) is 4.20. The number of thiophene rings is 1. The third kappa shape index (κ3) is 1.42. The average Bonchev–Trinajstić information content (AvgIpc) is 2.14. The van der Waals surface area contributed by atoms with Gasteiger partial charge in [0.1, 0.15) is 0 Å². The molecule has 0 fully saturated rings. The summed E-state index contributed by atoms with van der Waals surface area (Å²) in [7, 11) is 0. The highest BCUT2D eigenvalue weighted by atomic mass is 32.1. The second-order valence-electron chi connectivity index (χ2n) is 2.19. The average molecular weight is 138 g/mol. The monoisotopic (exact) mass is 138 g/mol. The van der Waals surface area contributed by atoms with Crippen LogP contribution in [-0.2, 0) is 0 Å². The van der Waals surface area contributed by atoms with Crippen molar-refractivity contribution in [2.75, 3.05) is 0 Å². The fourth-order valence-corrected chi connectivity index (χ4v) is 1.46. The second kappa shape index (κ2) is 2.36. The van der Waals surface area contributed by atoms with E-state index in [4.69, 9.17) is 0 Å². The van der Waals surface area contributed by atoms with E-state index in [9.17, 15) is 0 Å². The lowest BCUT2D eigenvalue weighted by Crippen LogP contribution is -1.62. The third-order valence-corrected chi connectivity index (χ3v) is 2.32. The van der Waals surface area contributed by atoms with Gasteiger partial charge in [0.05, 0.1) is 0 Å². The van der Waals surface area contributed by atoms with E-state index in [1.807, 2.05) is 6.92 Å². The zero-order valence-electron chi connectivity index (χ0n) is 5.77. The Morgan fingerprint density at radius 1 is 1.56 bits per heavy atom. The highest BCUT2D eigenvalue weighted by molar-refractivity contribution is 7.13. The van der Waals surface area contributed by atoms with E-state index >= 15 is 0 Å². The molecule has 0 N–H and O–H groups in total. The third-order valence-electron chi connectivity index (χ3n) is 1.16. The molecule has 0 aliphatic rings. The summed E-state index contributed by atoms with van der Waals surface area (Å²) in [6.07, 6.45) is 0. The van der Waals surface area contributed by atoms with Gasteiger partial charge in [-0.1, -0.05) is 6.58 Å². The number of hydrogen-bond donors (Lipinski definition) is 0. The van der Waals surface area contributed by atoms with Crippen LogP contribution >= 0.6 is 11.3 Å². The van der Waals surface area contributed by atoms with Gasteiger partial charge in [0, 0.05) is 9.75 Å². The lowest BCUT2D eigenvalue weighted by atomic mass is 10.3. The zero-order chi connectivity index (χ0) is 6.85. The van der Waals surface area contributed by atoms with E-state index in [0.717, 1.165) is 5.57 Å². The molecule has 0 saturated carbocycles. The molecule has 1 heterocycles. The van der Waals surface area contributed by atoms with E-state index < -0.39 is 0 Å². The quantitative estimate of drug-likeness (QED) is 0.559. The van der Waals surface area contributed by atoms with Gasteiger partial charge in [-0.05, 0) is 31.6 Å². The highest BCUT2D eigenvalue weighted by Crippen LogP contribution is 2.21. The fourth-order valence-electron chi connectivity index (χ4n) is 0.664. The normalized spacial score (nSPS) is 9.56. The molecule has 0 radical (unpaired) electrons. The van der Waals surface area contributed by atoms with E-state index in [-0.39, 0.29) is 0 Å². The number of allylic oxidation sites excluding steroid dienone is 1. The summed E-state index contributed by atoms with van der Waals surface area (Å²) >= 11 is 1.80. The van der Waals surface area contributed by atoms with Crippen LogP contribution in [0.2, 0.25) is 0 Å². The molecule has 48 valence electrons. The molecule has 1 heteroatoms. The molecular weight excluding hydrogens is 128 g/mol. The lowest BCUT2D eigenvalue weighted by molar-refractivity contribution is 1.64. The summed E-state index contributed by atoms with van der Waals surface area (Å²) in [5.41, 5.74) is 1.16. The molecular formula is C8H10S. The number of rotatable bonds is 1. The van der Waals surface area contributed by atoms with E-state index in [1.165, 1.54) is 9.75 Å². The minimum atomic E-state index is 1.16. The molecule has 0 bridgehead atoms. The Hall–Kier alpha value is -0.560. The first-order valence-electron chi connectivity index (χ1n) is 2.92. The Kier molecular flexibility index (Phi) is 1.72. The molecule has 1 aromatic heterocycles. The van der Waals surface area contributed by atoms with Gasteiger partial charge in [-0.15, -0.1) is 11.3 Å². The van der Waals surface area contributed by atoms with Gasteiger partial charge < -0.3 is 0 Å². The molecule has 0 nitrogen and oxygen atoms in total. The molecule has 0 saturated heterocycles. The van der Waals surface area contributed by atoms with E-state index in [0.29, 0.717) is 0 Å². The minimum Gasteiger partial charge on any atom is -0.141 e.